The quantitative estimate of drug-likeness (QED) is 0.671. The lowest BCUT2D eigenvalue weighted by molar-refractivity contribution is -0.384. The second-order valence-corrected chi connectivity index (χ2v) is 6.08. The van der Waals surface area contributed by atoms with Crippen molar-refractivity contribution in [2.24, 2.45) is 0 Å². The number of nitrogens with zero attached hydrogens (tertiary/aromatic N) is 2. The van der Waals surface area contributed by atoms with Crippen LogP contribution in [-0.2, 0) is 9.59 Å². The Kier molecular flexibility index (Phi) is 4.29. The number of non-ortho nitro benzene ring substituents is 1. The average Bonchev–Trinajstić information content (AvgIpc) is 2.87. The standard InChI is InChI=1S/C19H16N2O5/c1-11-6-8-14(9-7-11)20-17(16(12(2)22)18(23)19(20)24)13-4-3-5-15(10-13)21(25)26/h3-10,17,23H,1-2H3/t17-/m1/s1. The summed E-state index contributed by atoms with van der Waals surface area (Å²) in [6, 6.07) is 11.8. The van der Waals surface area contributed by atoms with Gasteiger partial charge in [0.25, 0.3) is 11.6 Å². The van der Waals surface area contributed by atoms with E-state index in [0.29, 0.717) is 11.3 Å². The van der Waals surface area contributed by atoms with Crippen molar-refractivity contribution in [2.45, 2.75) is 19.9 Å². The number of anilines is 1. The van der Waals surface area contributed by atoms with Gasteiger partial charge >= 0.3 is 0 Å². The minimum Gasteiger partial charge on any atom is -0.503 e. The maximum Gasteiger partial charge on any atom is 0.294 e. The minimum absolute atomic E-state index is 0.0731. The molecule has 0 bridgehead atoms. The fourth-order valence-corrected chi connectivity index (χ4v) is 3.06. The van der Waals surface area contributed by atoms with Gasteiger partial charge in [-0.25, -0.2) is 0 Å². The predicted octanol–water partition coefficient (Wildman–Crippen LogP) is 3.39. The molecule has 132 valence electrons. The van der Waals surface area contributed by atoms with Crippen LogP contribution in [0.3, 0.4) is 0 Å². The Bertz CT molecular complexity index is 947. The topological polar surface area (TPSA) is 101 Å². The molecule has 2 aromatic carbocycles. The molecule has 0 fully saturated rings. The summed E-state index contributed by atoms with van der Waals surface area (Å²) >= 11 is 0. The van der Waals surface area contributed by atoms with Crippen LogP contribution in [0, 0.1) is 17.0 Å². The molecule has 0 saturated heterocycles. The van der Waals surface area contributed by atoms with Crippen LogP contribution < -0.4 is 4.90 Å². The van der Waals surface area contributed by atoms with E-state index in [1.165, 1.54) is 30.0 Å². The van der Waals surface area contributed by atoms with Crippen molar-refractivity contribution in [2.75, 3.05) is 4.90 Å². The lowest BCUT2D eigenvalue weighted by atomic mass is 9.96. The number of rotatable bonds is 4. The van der Waals surface area contributed by atoms with Crippen molar-refractivity contribution in [3.05, 3.63) is 81.1 Å². The SMILES string of the molecule is CC(=O)C1=C(O)C(=O)N(c2ccc(C)cc2)[C@@H]1c1cccc([N+](=O)[O-])c1. The molecule has 0 unspecified atom stereocenters. The van der Waals surface area contributed by atoms with Crippen molar-refractivity contribution in [1.29, 1.82) is 0 Å². The molecule has 26 heavy (non-hydrogen) atoms. The summed E-state index contributed by atoms with van der Waals surface area (Å²) < 4.78 is 0. The Morgan fingerprint density at radius 2 is 1.85 bits per heavy atom. The number of aryl methyl sites for hydroxylation is 1. The minimum atomic E-state index is -0.928. The molecule has 3 rings (SSSR count). The van der Waals surface area contributed by atoms with Gasteiger partial charge in [0.1, 0.15) is 0 Å². The normalized spacial score (nSPS) is 16.9. The van der Waals surface area contributed by atoms with E-state index in [1.807, 2.05) is 6.92 Å². The lowest BCUT2D eigenvalue weighted by Gasteiger charge is -2.26. The van der Waals surface area contributed by atoms with Gasteiger partial charge in [-0.3, -0.25) is 24.6 Å². The number of Topliss-reactive ketones (excluding diaryl/α,β-unsaturated/α-hetero) is 1. The molecule has 0 aromatic heterocycles. The van der Waals surface area contributed by atoms with E-state index < -0.39 is 28.4 Å². The second-order valence-electron chi connectivity index (χ2n) is 6.08. The van der Waals surface area contributed by atoms with Gasteiger partial charge in [-0.2, -0.15) is 0 Å². The third kappa shape index (κ3) is 2.83. The monoisotopic (exact) mass is 352 g/mol. The van der Waals surface area contributed by atoms with Crippen molar-refractivity contribution in [3.8, 4) is 0 Å². The van der Waals surface area contributed by atoms with Gasteiger partial charge in [0.15, 0.2) is 11.5 Å². The number of aliphatic hydroxyl groups excluding tert-OH is 1. The summed E-state index contributed by atoms with van der Waals surface area (Å²) in [7, 11) is 0. The predicted molar refractivity (Wildman–Crippen MR) is 94.8 cm³/mol. The smallest absolute Gasteiger partial charge is 0.294 e. The number of nitro groups is 1. The van der Waals surface area contributed by atoms with Gasteiger partial charge in [-0.05, 0) is 31.5 Å². The Hall–Kier alpha value is -3.48. The maximum absolute atomic E-state index is 12.6. The van der Waals surface area contributed by atoms with Gasteiger partial charge < -0.3 is 5.11 Å². The molecule has 1 aliphatic heterocycles. The summed E-state index contributed by atoms with van der Waals surface area (Å²) in [6.07, 6.45) is 0. The molecule has 1 N–H and O–H groups in total. The number of aliphatic hydroxyl groups is 1. The number of hydrogen-bond donors (Lipinski definition) is 1. The summed E-state index contributed by atoms with van der Waals surface area (Å²) in [6.45, 7) is 3.15. The summed E-state index contributed by atoms with van der Waals surface area (Å²) in [5.41, 5.74) is 1.61. The number of amides is 1. The number of carbonyl (C=O) groups excluding carboxylic acids is 2. The molecule has 2 aromatic rings. The van der Waals surface area contributed by atoms with E-state index in [2.05, 4.69) is 0 Å². The van der Waals surface area contributed by atoms with E-state index in [0.717, 1.165) is 5.56 Å². The second kappa shape index (κ2) is 6.44. The molecule has 0 spiro atoms. The van der Waals surface area contributed by atoms with Crippen LogP contribution in [0.1, 0.15) is 24.1 Å². The first kappa shape index (κ1) is 17.3. The fraction of sp³-hybridized carbons (Fsp3) is 0.158. The van der Waals surface area contributed by atoms with Crippen LogP contribution in [0.2, 0.25) is 0 Å². The number of hydrogen-bond acceptors (Lipinski definition) is 5. The zero-order chi connectivity index (χ0) is 19.0. The Balaban J connectivity index is 2.19. The van der Waals surface area contributed by atoms with Crippen LogP contribution in [0.5, 0.6) is 0 Å². The van der Waals surface area contributed by atoms with E-state index >= 15 is 0 Å². The molecule has 1 aliphatic rings. The van der Waals surface area contributed by atoms with Crippen LogP contribution in [0.25, 0.3) is 0 Å². The lowest BCUT2D eigenvalue weighted by Crippen LogP contribution is -2.30. The molecule has 0 radical (unpaired) electrons. The van der Waals surface area contributed by atoms with E-state index in [1.54, 1.807) is 30.3 Å². The Morgan fingerprint density at radius 1 is 1.19 bits per heavy atom. The number of nitro benzene ring substituents is 1. The zero-order valence-corrected chi connectivity index (χ0v) is 14.2. The highest BCUT2D eigenvalue weighted by atomic mass is 16.6. The Morgan fingerprint density at radius 3 is 2.42 bits per heavy atom. The highest BCUT2D eigenvalue weighted by Crippen LogP contribution is 2.41. The highest BCUT2D eigenvalue weighted by Gasteiger charge is 2.43. The van der Waals surface area contributed by atoms with Crippen LogP contribution in [0.4, 0.5) is 11.4 Å². The van der Waals surface area contributed by atoms with Gasteiger partial charge in [0.05, 0.1) is 16.5 Å². The van der Waals surface area contributed by atoms with E-state index in [4.69, 9.17) is 0 Å². The third-order valence-electron chi connectivity index (χ3n) is 4.30. The molecule has 1 amide bonds. The molecule has 7 nitrogen and oxygen atoms in total. The maximum atomic E-state index is 12.6. The highest BCUT2D eigenvalue weighted by molar-refractivity contribution is 6.16. The van der Waals surface area contributed by atoms with Gasteiger partial charge in [-0.15, -0.1) is 0 Å². The fourth-order valence-electron chi connectivity index (χ4n) is 3.06. The van der Waals surface area contributed by atoms with E-state index in [9.17, 15) is 24.8 Å². The van der Waals surface area contributed by atoms with Gasteiger partial charge in [-0.1, -0.05) is 29.8 Å². The molecular formula is C19H16N2O5. The van der Waals surface area contributed by atoms with Crippen LogP contribution in [0.15, 0.2) is 59.9 Å². The van der Waals surface area contributed by atoms with Crippen molar-refractivity contribution in [1.82, 2.24) is 0 Å². The molecule has 0 saturated carbocycles. The van der Waals surface area contributed by atoms with Crippen LogP contribution >= 0.6 is 0 Å². The molecule has 1 atom stereocenters. The largest absolute Gasteiger partial charge is 0.503 e. The van der Waals surface area contributed by atoms with Gasteiger partial charge in [0.2, 0.25) is 0 Å². The van der Waals surface area contributed by atoms with Crippen molar-refractivity contribution < 1.29 is 19.6 Å². The average molecular weight is 352 g/mol. The third-order valence-corrected chi connectivity index (χ3v) is 4.30. The van der Waals surface area contributed by atoms with Crippen LogP contribution in [-0.4, -0.2) is 21.7 Å². The van der Waals surface area contributed by atoms with E-state index in [-0.39, 0.29) is 11.3 Å². The van der Waals surface area contributed by atoms with Gasteiger partial charge in [0, 0.05) is 17.8 Å². The summed E-state index contributed by atoms with van der Waals surface area (Å²) in [5.74, 6) is -1.81. The molecule has 1 heterocycles. The Labute approximate surface area is 149 Å². The molecule has 7 heteroatoms. The summed E-state index contributed by atoms with van der Waals surface area (Å²) in [5, 5.41) is 21.4. The number of ketones is 1. The summed E-state index contributed by atoms with van der Waals surface area (Å²) in [4.78, 5) is 36.6. The molecular weight excluding hydrogens is 336 g/mol. The van der Waals surface area contributed by atoms with Crippen molar-refractivity contribution >= 4 is 23.1 Å². The first-order valence-corrected chi connectivity index (χ1v) is 7.90. The molecule has 0 aliphatic carbocycles. The zero-order valence-electron chi connectivity index (χ0n) is 14.2. The number of benzene rings is 2. The number of carbonyl (C=O) groups is 2. The first-order chi connectivity index (χ1) is 12.3. The first-order valence-electron chi connectivity index (χ1n) is 7.90. The van der Waals surface area contributed by atoms with Crippen molar-refractivity contribution in [3.63, 3.8) is 0 Å².